The minimum Gasteiger partial charge on any atom is -0.370 e. The highest BCUT2D eigenvalue weighted by molar-refractivity contribution is 9.10. The maximum atomic E-state index is 11.1. The predicted octanol–water partition coefficient (Wildman–Crippen LogP) is 0.932. The molecule has 0 aromatic carbocycles. The first-order valence-corrected chi connectivity index (χ1v) is 5.65. The summed E-state index contributed by atoms with van der Waals surface area (Å²) in [6.07, 6.45) is 3.04. The van der Waals surface area contributed by atoms with Crippen molar-refractivity contribution in [3.63, 3.8) is 0 Å². The van der Waals surface area contributed by atoms with Gasteiger partial charge in [-0.2, -0.15) is 0 Å². The first-order chi connectivity index (χ1) is 6.54. The fourth-order valence-corrected chi connectivity index (χ4v) is 1.12. The minimum absolute atomic E-state index is 0.0000914. The molecule has 1 unspecified atom stereocenters. The van der Waals surface area contributed by atoms with E-state index >= 15 is 0 Å². The Balaban J connectivity index is 3.22. The van der Waals surface area contributed by atoms with Gasteiger partial charge in [-0.05, 0) is 19.8 Å². The van der Waals surface area contributed by atoms with Crippen LogP contribution in [0.5, 0.6) is 0 Å². The van der Waals surface area contributed by atoms with Crippen LogP contribution in [0.2, 0.25) is 0 Å². The molecule has 0 radical (unpaired) electrons. The number of nitrogens with one attached hydrogen (secondary N) is 1. The number of hydrogen-bond acceptors (Lipinski definition) is 2. The van der Waals surface area contributed by atoms with Gasteiger partial charge in [0.2, 0.25) is 11.8 Å². The number of carbonyl (C=O) groups is 2. The van der Waals surface area contributed by atoms with Crippen LogP contribution < -0.4 is 11.1 Å². The Morgan fingerprint density at radius 3 is 2.50 bits per heavy atom. The fourth-order valence-electron chi connectivity index (χ4n) is 0.953. The quantitative estimate of drug-likeness (QED) is 0.531. The molecule has 14 heavy (non-hydrogen) atoms. The van der Waals surface area contributed by atoms with E-state index in [0.29, 0.717) is 13.0 Å². The van der Waals surface area contributed by atoms with Crippen LogP contribution in [-0.4, -0.2) is 23.2 Å². The number of primary amides is 1. The van der Waals surface area contributed by atoms with E-state index in [0.717, 1.165) is 19.3 Å². The van der Waals surface area contributed by atoms with Gasteiger partial charge in [0.1, 0.15) is 0 Å². The van der Waals surface area contributed by atoms with Crippen molar-refractivity contribution < 1.29 is 9.59 Å². The van der Waals surface area contributed by atoms with Gasteiger partial charge in [-0.1, -0.05) is 22.4 Å². The number of amides is 2. The Kier molecular flexibility index (Phi) is 7.47. The number of carbonyl (C=O) groups excluding carboxylic acids is 2. The number of alkyl halides is 1. The minimum atomic E-state index is -0.261. The van der Waals surface area contributed by atoms with Crippen molar-refractivity contribution in [2.24, 2.45) is 5.73 Å². The van der Waals surface area contributed by atoms with Crippen molar-refractivity contribution >= 4 is 27.7 Å². The third-order valence-electron chi connectivity index (χ3n) is 1.76. The standard InChI is InChI=1S/C9H17BrN2O2/c1-7(10)9(14)12-6-4-2-3-5-8(11)13/h7H,2-6H2,1H3,(H2,11,13)(H,12,14). The molecule has 0 spiro atoms. The molecule has 0 rings (SSSR count). The van der Waals surface area contributed by atoms with Gasteiger partial charge < -0.3 is 11.1 Å². The number of unbranched alkanes of at least 4 members (excludes halogenated alkanes) is 2. The molecule has 0 saturated heterocycles. The summed E-state index contributed by atoms with van der Waals surface area (Å²) in [6, 6.07) is 0. The molecule has 0 fully saturated rings. The Bertz CT molecular complexity index is 195. The summed E-state index contributed by atoms with van der Waals surface area (Å²) in [7, 11) is 0. The van der Waals surface area contributed by atoms with Crippen LogP contribution in [0, 0.1) is 0 Å². The maximum Gasteiger partial charge on any atom is 0.233 e. The van der Waals surface area contributed by atoms with E-state index in [1.165, 1.54) is 0 Å². The summed E-state index contributed by atoms with van der Waals surface area (Å²) in [5.74, 6) is -0.261. The van der Waals surface area contributed by atoms with Crippen LogP contribution in [0.15, 0.2) is 0 Å². The van der Waals surface area contributed by atoms with E-state index in [4.69, 9.17) is 5.73 Å². The van der Waals surface area contributed by atoms with Crippen LogP contribution in [-0.2, 0) is 9.59 Å². The highest BCUT2D eigenvalue weighted by atomic mass is 79.9. The second-order valence-corrected chi connectivity index (χ2v) is 4.56. The average molecular weight is 265 g/mol. The summed E-state index contributed by atoms with van der Waals surface area (Å²) in [6.45, 7) is 2.44. The summed E-state index contributed by atoms with van der Waals surface area (Å²) < 4.78 is 0. The molecule has 0 aromatic rings. The third kappa shape index (κ3) is 8.04. The predicted molar refractivity (Wildman–Crippen MR) is 59.1 cm³/mol. The van der Waals surface area contributed by atoms with Gasteiger partial charge in [-0.25, -0.2) is 0 Å². The molecule has 0 saturated carbocycles. The van der Waals surface area contributed by atoms with Crippen molar-refractivity contribution in [1.29, 1.82) is 0 Å². The Morgan fingerprint density at radius 1 is 1.36 bits per heavy atom. The van der Waals surface area contributed by atoms with Gasteiger partial charge in [0.15, 0.2) is 0 Å². The zero-order chi connectivity index (χ0) is 11.0. The van der Waals surface area contributed by atoms with Crippen LogP contribution in [0.3, 0.4) is 0 Å². The summed E-state index contributed by atoms with van der Waals surface area (Å²) in [5.41, 5.74) is 4.98. The lowest BCUT2D eigenvalue weighted by molar-refractivity contribution is -0.120. The van der Waals surface area contributed by atoms with Crippen molar-refractivity contribution in [3.05, 3.63) is 0 Å². The number of nitrogens with two attached hydrogens (primary N) is 1. The van der Waals surface area contributed by atoms with Crippen LogP contribution >= 0.6 is 15.9 Å². The van der Waals surface area contributed by atoms with E-state index in [-0.39, 0.29) is 16.6 Å². The SMILES string of the molecule is CC(Br)C(=O)NCCCCCC(N)=O. The Hall–Kier alpha value is -0.580. The number of halogens is 1. The summed E-state index contributed by atoms with van der Waals surface area (Å²) in [4.78, 5) is 21.3. The van der Waals surface area contributed by atoms with E-state index < -0.39 is 0 Å². The largest absolute Gasteiger partial charge is 0.370 e. The molecule has 82 valence electrons. The van der Waals surface area contributed by atoms with Gasteiger partial charge in [0.25, 0.3) is 0 Å². The molecule has 2 amide bonds. The molecule has 0 aliphatic heterocycles. The molecule has 0 heterocycles. The van der Waals surface area contributed by atoms with Gasteiger partial charge >= 0.3 is 0 Å². The van der Waals surface area contributed by atoms with Gasteiger partial charge in [0, 0.05) is 13.0 Å². The molecule has 4 nitrogen and oxygen atoms in total. The second kappa shape index (κ2) is 7.79. The smallest absolute Gasteiger partial charge is 0.233 e. The Morgan fingerprint density at radius 2 is 2.00 bits per heavy atom. The lowest BCUT2D eigenvalue weighted by atomic mass is 10.2. The molecule has 0 aliphatic rings. The third-order valence-corrected chi connectivity index (χ3v) is 2.18. The van der Waals surface area contributed by atoms with Crippen LogP contribution in [0.1, 0.15) is 32.6 Å². The molecule has 3 N–H and O–H groups in total. The first-order valence-electron chi connectivity index (χ1n) is 4.74. The average Bonchev–Trinajstić information content (AvgIpc) is 2.09. The molecule has 0 aromatic heterocycles. The molecule has 0 bridgehead atoms. The lowest BCUT2D eigenvalue weighted by Gasteiger charge is -2.05. The number of rotatable bonds is 7. The second-order valence-electron chi connectivity index (χ2n) is 3.18. The van der Waals surface area contributed by atoms with E-state index in [9.17, 15) is 9.59 Å². The molecular formula is C9H17BrN2O2. The zero-order valence-electron chi connectivity index (χ0n) is 8.38. The monoisotopic (exact) mass is 264 g/mol. The topological polar surface area (TPSA) is 72.2 Å². The maximum absolute atomic E-state index is 11.1. The van der Waals surface area contributed by atoms with Crippen molar-refractivity contribution in [2.45, 2.75) is 37.4 Å². The van der Waals surface area contributed by atoms with Gasteiger partial charge in [-0.15, -0.1) is 0 Å². The normalized spacial score (nSPS) is 12.1. The molecule has 1 atom stereocenters. The van der Waals surface area contributed by atoms with E-state index in [1.54, 1.807) is 6.92 Å². The van der Waals surface area contributed by atoms with Crippen molar-refractivity contribution in [1.82, 2.24) is 5.32 Å². The first kappa shape index (κ1) is 13.4. The lowest BCUT2D eigenvalue weighted by Crippen LogP contribution is -2.30. The molecule has 5 heteroatoms. The van der Waals surface area contributed by atoms with E-state index in [1.807, 2.05) is 0 Å². The van der Waals surface area contributed by atoms with Crippen molar-refractivity contribution in [3.8, 4) is 0 Å². The fraction of sp³-hybridized carbons (Fsp3) is 0.778. The summed E-state index contributed by atoms with van der Waals surface area (Å²) >= 11 is 3.17. The highest BCUT2D eigenvalue weighted by Gasteiger charge is 2.06. The summed E-state index contributed by atoms with van der Waals surface area (Å²) in [5, 5.41) is 2.77. The Labute approximate surface area is 92.7 Å². The number of hydrogen-bond donors (Lipinski definition) is 2. The van der Waals surface area contributed by atoms with E-state index in [2.05, 4.69) is 21.2 Å². The van der Waals surface area contributed by atoms with Gasteiger partial charge in [-0.3, -0.25) is 9.59 Å². The molecular weight excluding hydrogens is 248 g/mol. The highest BCUT2D eigenvalue weighted by Crippen LogP contribution is 1.99. The molecule has 0 aliphatic carbocycles. The zero-order valence-corrected chi connectivity index (χ0v) is 9.97. The van der Waals surface area contributed by atoms with Crippen LogP contribution in [0.25, 0.3) is 0 Å². The van der Waals surface area contributed by atoms with Gasteiger partial charge in [0.05, 0.1) is 4.83 Å². The van der Waals surface area contributed by atoms with Crippen LogP contribution in [0.4, 0.5) is 0 Å². The van der Waals surface area contributed by atoms with Crippen molar-refractivity contribution in [2.75, 3.05) is 6.54 Å².